The van der Waals surface area contributed by atoms with Crippen LogP contribution in [-0.2, 0) is 9.53 Å². The van der Waals surface area contributed by atoms with Crippen molar-refractivity contribution in [3.8, 4) is 5.75 Å². The molecule has 0 amide bonds. The van der Waals surface area contributed by atoms with Gasteiger partial charge < -0.3 is 19.7 Å². The second kappa shape index (κ2) is 8.37. The Morgan fingerprint density at radius 2 is 1.88 bits per heavy atom. The van der Waals surface area contributed by atoms with Crippen LogP contribution in [0.4, 0.5) is 18.9 Å². The van der Waals surface area contributed by atoms with Gasteiger partial charge in [-0.1, -0.05) is 0 Å². The molecule has 0 saturated carbocycles. The summed E-state index contributed by atoms with van der Waals surface area (Å²) in [5.74, 6) is -0.585. The van der Waals surface area contributed by atoms with Crippen LogP contribution in [0.2, 0.25) is 0 Å². The molecule has 1 aliphatic rings. The molecule has 0 unspecified atom stereocenters. The van der Waals surface area contributed by atoms with E-state index in [9.17, 15) is 18.0 Å². The van der Waals surface area contributed by atoms with Gasteiger partial charge in [-0.15, -0.1) is 13.2 Å². The number of ether oxygens (including phenoxy) is 2. The van der Waals surface area contributed by atoms with Crippen molar-refractivity contribution in [2.45, 2.75) is 26.1 Å². The second-order valence-electron chi connectivity index (χ2n) is 5.52. The number of nitrogens with one attached hydrogen (secondary N) is 1. The van der Waals surface area contributed by atoms with Crippen molar-refractivity contribution in [3.05, 3.63) is 24.3 Å². The standard InChI is InChI=1S/C16H19F3N2O3S/c1-2-23-14(22)11-7-9-21(10-8-11)15(25)20-12-3-5-13(6-4-12)24-16(17,18)19/h3-6,11H,2,7-10H2,1H3,(H,20,25). The van der Waals surface area contributed by atoms with Gasteiger partial charge in [0.15, 0.2) is 5.11 Å². The van der Waals surface area contributed by atoms with Gasteiger partial charge in [0.05, 0.1) is 12.5 Å². The number of benzene rings is 1. The largest absolute Gasteiger partial charge is 0.573 e. The predicted octanol–water partition coefficient (Wildman–Crippen LogP) is 3.56. The molecular weight excluding hydrogens is 357 g/mol. The van der Waals surface area contributed by atoms with Crippen LogP contribution in [0.25, 0.3) is 0 Å². The zero-order chi connectivity index (χ0) is 18.4. The van der Waals surface area contributed by atoms with E-state index in [2.05, 4.69) is 10.1 Å². The number of piperidine rings is 1. The summed E-state index contributed by atoms with van der Waals surface area (Å²) in [6.07, 6.45) is -3.41. The molecule has 2 rings (SSSR count). The van der Waals surface area contributed by atoms with Gasteiger partial charge >= 0.3 is 12.3 Å². The van der Waals surface area contributed by atoms with Crippen LogP contribution in [0.5, 0.6) is 5.75 Å². The lowest BCUT2D eigenvalue weighted by Gasteiger charge is -2.32. The van der Waals surface area contributed by atoms with Crippen molar-refractivity contribution >= 4 is 29.0 Å². The summed E-state index contributed by atoms with van der Waals surface area (Å²) in [6, 6.07) is 5.34. The van der Waals surface area contributed by atoms with Gasteiger partial charge in [0.2, 0.25) is 0 Å². The summed E-state index contributed by atoms with van der Waals surface area (Å²) in [4.78, 5) is 13.6. The maximum atomic E-state index is 12.1. The first-order valence-electron chi connectivity index (χ1n) is 7.87. The van der Waals surface area contributed by atoms with E-state index in [1.54, 1.807) is 6.92 Å². The van der Waals surface area contributed by atoms with Crippen molar-refractivity contribution in [2.24, 2.45) is 5.92 Å². The monoisotopic (exact) mass is 376 g/mol. The molecule has 0 spiro atoms. The third kappa shape index (κ3) is 6.08. The van der Waals surface area contributed by atoms with Gasteiger partial charge in [0.25, 0.3) is 0 Å². The number of alkyl halides is 3. The quantitative estimate of drug-likeness (QED) is 0.641. The Balaban J connectivity index is 1.83. The molecule has 0 aliphatic carbocycles. The number of hydrogen-bond donors (Lipinski definition) is 1. The highest BCUT2D eigenvalue weighted by Crippen LogP contribution is 2.24. The number of carbonyl (C=O) groups is 1. The summed E-state index contributed by atoms with van der Waals surface area (Å²) in [6.45, 7) is 3.37. The number of carbonyl (C=O) groups excluding carboxylic acids is 1. The lowest BCUT2D eigenvalue weighted by molar-refractivity contribution is -0.274. The highest BCUT2D eigenvalue weighted by atomic mass is 32.1. The zero-order valence-corrected chi connectivity index (χ0v) is 14.5. The summed E-state index contributed by atoms with van der Waals surface area (Å²) in [5.41, 5.74) is 0.562. The van der Waals surface area contributed by atoms with Gasteiger partial charge in [-0.2, -0.15) is 0 Å². The predicted molar refractivity (Wildman–Crippen MR) is 90.3 cm³/mol. The molecule has 25 heavy (non-hydrogen) atoms. The van der Waals surface area contributed by atoms with Crippen LogP contribution < -0.4 is 10.1 Å². The molecule has 0 bridgehead atoms. The van der Waals surface area contributed by atoms with Gasteiger partial charge in [0, 0.05) is 18.8 Å². The zero-order valence-electron chi connectivity index (χ0n) is 13.6. The molecule has 1 heterocycles. The Labute approximate surface area is 149 Å². The fraction of sp³-hybridized carbons (Fsp3) is 0.500. The molecule has 1 N–H and O–H groups in total. The van der Waals surface area contributed by atoms with Gasteiger partial charge in [-0.05, 0) is 56.2 Å². The Kier molecular flexibility index (Phi) is 6.46. The highest BCUT2D eigenvalue weighted by Gasteiger charge is 2.31. The number of nitrogens with zero attached hydrogens (tertiary/aromatic N) is 1. The van der Waals surface area contributed by atoms with Gasteiger partial charge in [-0.25, -0.2) is 0 Å². The molecule has 1 aliphatic heterocycles. The second-order valence-corrected chi connectivity index (χ2v) is 5.90. The number of likely N-dealkylation sites (tertiary alicyclic amines) is 1. The van der Waals surface area contributed by atoms with Crippen molar-refractivity contribution in [2.75, 3.05) is 25.0 Å². The Morgan fingerprint density at radius 3 is 2.40 bits per heavy atom. The number of hydrogen-bond acceptors (Lipinski definition) is 4. The summed E-state index contributed by atoms with van der Waals surface area (Å²) < 4.78 is 45.2. The fourth-order valence-electron chi connectivity index (χ4n) is 2.52. The maximum Gasteiger partial charge on any atom is 0.573 e. The maximum absolute atomic E-state index is 12.1. The van der Waals surface area contributed by atoms with Gasteiger partial charge in [-0.3, -0.25) is 4.79 Å². The SMILES string of the molecule is CCOC(=O)C1CCN(C(=S)Nc2ccc(OC(F)(F)F)cc2)CC1. The number of thiocarbonyl (C=S) groups is 1. The highest BCUT2D eigenvalue weighted by molar-refractivity contribution is 7.80. The van der Waals surface area contributed by atoms with Crippen LogP contribution in [0.3, 0.4) is 0 Å². The average molecular weight is 376 g/mol. The third-order valence-electron chi connectivity index (χ3n) is 3.74. The van der Waals surface area contributed by atoms with Crippen LogP contribution in [-0.4, -0.2) is 42.0 Å². The van der Waals surface area contributed by atoms with E-state index in [-0.39, 0.29) is 17.6 Å². The van der Waals surface area contributed by atoms with E-state index >= 15 is 0 Å². The number of rotatable bonds is 4. The lowest BCUT2D eigenvalue weighted by atomic mass is 9.97. The van der Waals surface area contributed by atoms with E-state index < -0.39 is 6.36 Å². The molecular formula is C16H19F3N2O3S. The van der Waals surface area contributed by atoms with E-state index in [0.29, 0.717) is 43.3 Å². The van der Waals surface area contributed by atoms with E-state index in [4.69, 9.17) is 17.0 Å². The van der Waals surface area contributed by atoms with Crippen LogP contribution >= 0.6 is 12.2 Å². The van der Waals surface area contributed by atoms with E-state index in [0.717, 1.165) is 0 Å². The van der Waals surface area contributed by atoms with Gasteiger partial charge in [0.1, 0.15) is 5.75 Å². The first-order valence-corrected chi connectivity index (χ1v) is 8.27. The fourth-order valence-corrected chi connectivity index (χ4v) is 2.82. The molecule has 0 radical (unpaired) electrons. The Morgan fingerprint density at radius 1 is 1.28 bits per heavy atom. The first kappa shape index (κ1) is 19.3. The van der Waals surface area contributed by atoms with Crippen LogP contribution in [0, 0.1) is 5.92 Å². The van der Waals surface area contributed by atoms with Crippen molar-refractivity contribution in [1.29, 1.82) is 0 Å². The van der Waals surface area contributed by atoms with Crippen molar-refractivity contribution in [1.82, 2.24) is 4.90 Å². The van der Waals surface area contributed by atoms with E-state index in [1.165, 1.54) is 24.3 Å². The molecule has 0 atom stereocenters. The van der Waals surface area contributed by atoms with Crippen molar-refractivity contribution < 1.29 is 27.4 Å². The average Bonchev–Trinajstić information content (AvgIpc) is 2.55. The first-order chi connectivity index (χ1) is 11.8. The van der Waals surface area contributed by atoms with E-state index in [1.807, 2.05) is 4.90 Å². The molecule has 0 aromatic heterocycles. The Bertz CT molecular complexity index is 600. The van der Waals surface area contributed by atoms with Crippen LogP contribution in [0.1, 0.15) is 19.8 Å². The minimum atomic E-state index is -4.71. The molecule has 138 valence electrons. The molecule has 1 fully saturated rings. The summed E-state index contributed by atoms with van der Waals surface area (Å²) >= 11 is 5.32. The number of esters is 1. The normalized spacial score (nSPS) is 15.6. The lowest BCUT2D eigenvalue weighted by Crippen LogP contribution is -2.42. The number of anilines is 1. The molecule has 1 aromatic carbocycles. The summed E-state index contributed by atoms with van der Waals surface area (Å²) in [7, 11) is 0. The minimum Gasteiger partial charge on any atom is -0.466 e. The minimum absolute atomic E-state index is 0.113. The molecule has 1 saturated heterocycles. The molecule has 9 heteroatoms. The summed E-state index contributed by atoms with van der Waals surface area (Å²) in [5, 5.41) is 3.44. The Hall–Kier alpha value is -2.03. The molecule has 1 aromatic rings. The smallest absolute Gasteiger partial charge is 0.466 e. The topological polar surface area (TPSA) is 50.8 Å². The molecule has 5 nitrogen and oxygen atoms in total. The van der Waals surface area contributed by atoms with Crippen molar-refractivity contribution in [3.63, 3.8) is 0 Å². The number of halogens is 3. The van der Waals surface area contributed by atoms with Crippen LogP contribution in [0.15, 0.2) is 24.3 Å². The third-order valence-corrected chi connectivity index (χ3v) is 4.10.